The molecule has 0 saturated carbocycles. The Morgan fingerprint density at radius 2 is 1.75 bits per heavy atom. The van der Waals surface area contributed by atoms with Crippen LogP contribution in [0, 0.1) is 0 Å². The van der Waals surface area contributed by atoms with Crippen molar-refractivity contribution in [2.75, 3.05) is 39.3 Å². The summed E-state index contributed by atoms with van der Waals surface area (Å²) >= 11 is 2.50. The summed E-state index contributed by atoms with van der Waals surface area (Å²) < 4.78 is 6.22. The molecule has 1 heterocycles. The summed E-state index contributed by atoms with van der Waals surface area (Å²) in [7, 11) is 0. The third-order valence-electron chi connectivity index (χ3n) is 2.98. The monoisotopic (exact) mass is 340 g/mol. The summed E-state index contributed by atoms with van der Waals surface area (Å²) in [6.45, 7) is 13.4. The summed E-state index contributed by atoms with van der Waals surface area (Å²) in [5.41, 5.74) is 0. The Labute approximate surface area is 114 Å². The van der Waals surface area contributed by atoms with E-state index in [1.54, 1.807) is 0 Å². The number of hydrogen-bond donors (Lipinski definition) is 0. The lowest BCUT2D eigenvalue weighted by Crippen LogP contribution is -2.48. The SMILES string of the molecule is CC(C)OCCCN1CCN(C(C)I)CC1. The van der Waals surface area contributed by atoms with E-state index in [0.29, 0.717) is 10.2 Å². The molecule has 3 nitrogen and oxygen atoms in total. The second-order valence-electron chi connectivity index (χ2n) is 4.72. The summed E-state index contributed by atoms with van der Waals surface area (Å²) in [6.07, 6.45) is 1.54. The predicted molar refractivity (Wildman–Crippen MR) is 77.2 cm³/mol. The zero-order valence-corrected chi connectivity index (χ0v) is 12.9. The lowest BCUT2D eigenvalue weighted by atomic mass is 10.3. The maximum absolute atomic E-state index is 5.55. The minimum absolute atomic E-state index is 0.372. The molecule has 16 heavy (non-hydrogen) atoms. The van der Waals surface area contributed by atoms with Gasteiger partial charge in [-0.05, 0) is 27.2 Å². The third kappa shape index (κ3) is 5.80. The third-order valence-corrected chi connectivity index (χ3v) is 3.77. The Hall–Kier alpha value is 0.610. The number of halogens is 1. The fourth-order valence-electron chi connectivity index (χ4n) is 1.95. The van der Waals surface area contributed by atoms with Crippen molar-refractivity contribution in [2.24, 2.45) is 0 Å². The number of alkyl halides is 1. The van der Waals surface area contributed by atoms with Crippen molar-refractivity contribution in [2.45, 2.75) is 37.3 Å². The second-order valence-corrected chi connectivity index (χ2v) is 6.53. The van der Waals surface area contributed by atoms with Crippen LogP contribution < -0.4 is 0 Å². The van der Waals surface area contributed by atoms with E-state index in [4.69, 9.17) is 4.74 Å². The molecule has 4 heteroatoms. The Balaban J connectivity index is 2.04. The van der Waals surface area contributed by atoms with Gasteiger partial charge in [0, 0.05) is 39.3 Å². The summed E-state index contributed by atoms with van der Waals surface area (Å²) in [5, 5.41) is 0. The standard InChI is InChI=1S/C12H25IN2O/c1-11(2)16-10-4-5-14-6-8-15(9-7-14)12(3)13/h11-12H,4-10H2,1-3H3. The van der Waals surface area contributed by atoms with E-state index in [-0.39, 0.29) is 0 Å². The Morgan fingerprint density at radius 1 is 1.12 bits per heavy atom. The molecule has 0 aliphatic carbocycles. The molecule has 0 aromatic rings. The van der Waals surface area contributed by atoms with Crippen LogP contribution in [-0.2, 0) is 4.74 Å². The smallest absolute Gasteiger partial charge is 0.0590 e. The van der Waals surface area contributed by atoms with Crippen molar-refractivity contribution in [3.8, 4) is 0 Å². The molecule has 1 aliphatic heterocycles. The van der Waals surface area contributed by atoms with E-state index < -0.39 is 0 Å². The molecule has 0 amide bonds. The van der Waals surface area contributed by atoms with Gasteiger partial charge >= 0.3 is 0 Å². The van der Waals surface area contributed by atoms with Crippen LogP contribution in [0.4, 0.5) is 0 Å². The first-order valence-electron chi connectivity index (χ1n) is 6.31. The van der Waals surface area contributed by atoms with Crippen LogP contribution in [-0.4, -0.2) is 59.3 Å². The van der Waals surface area contributed by atoms with E-state index in [0.717, 1.165) is 13.0 Å². The quantitative estimate of drug-likeness (QED) is 0.319. The molecule has 0 aromatic heterocycles. The van der Waals surface area contributed by atoms with E-state index in [1.165, 1.54) is 32.7 Å². The molecule has 0 spiro atoms. The van der Waals surface area contributed by atoms with Gasteiger partial charge in [-0.2, -0.15) is 0 Å². The zero-order valence-electron chi connectivity index (χ0n) is 10.8. The van der Waals surface area contributed by atoms with E-state index in [9.17, 15) is 0 Å². The van der Waals surface area contributed by atoms with E-state index >= 15 is 0 Å². The summed E-state index contributed by atoms with van der Waals surface area (Å²) in [4.78, 5) is 5.10. The van der Waals surface area contributed by atoms with Crippen molar-refractivity contribution in [1.82, 2.24) is 9.80 Å². The van der Waals surface area contributed by atoms with Crippen LogP contribution in [0.1, 0.15) is 27.2 Å². The number of piperazine rings is 1. The van der Waals surface area contributed by atoms with Gasteiger partial charge in [0.25, 0.3) is 0 Å². The van der Waals surface area contributed by atoms with Gasteiger partial charge < -0.3 is 9.64 Å². The number of nitrogens with zero attached hydrogens (tertiary/aromatic N) is 2. The van der Waals surface area contributed by atoms with Gasteiger partial charge in [-0.1, -0.05) is 22.6 Å². The topological polar surface area (TPSA) is 15.7 Å². The largest absolute Gasteiger partial charge is 0.379 e. The highest BCUT2D eigenvalue weighted by atomic mass is 127. The van der Waals surface area contributed by atoms with Crippen molar-refractivity contribution in [3.63, 3.8) is 0 Å². The maximum atomic E-state index is 5.55. The first-order valence-corrected chi connectivity index (χ1v) is 7.56. The first kappa shape index (κ1) is 14.7. The first-order chi connectivity index (χ1) is 7.59. The highest BCUT2D eigenvalue weighted by Gasteiger charge is 2.18. The van der Waals surface area contributed by atoms with Gasteiger partial charge in [0.05, 0.1) is 10.2 Å². The van der Waals surface area contributed by atoms with Gasteiger partial charge in [-0.15, -0.1) is 0 Å². The minimum Gasteiger partial charge on any atom is -0.379 e. The Bertz CT molecular complexity index is 180. The van der Waals surface area contributed by atoms with Gasteiger partial charge in [0.1, 0.15) is 0 Å². The summed E-state index contributed by atoms with van der Waals surface area (Å²) in [6, 6.07) is 0. The van der Waals surface area contributed by atoms with Gasteiger partial charge in [0.15, 0.2) is 0 Å². The molecule has 0 N–H and O–H groups in total. The van der Waals surface area contributed by atoms with Crippen LogP contribution in [0.15, 0.2) is 0 Å². The van der Waals surface area contributed by atoms with Gasteiger partial charge in [0.2, 0.25) is 0 Å². The molecular formula is C12H25IN2O. The number of ether oxygens (including phenoxy) is 1. The Morgan fingerprint density at radius 3 is 2.25 bits per heavy atom. The van der Waals surface area contributed by atoms with Crippen molar-refractivity contribution >= 4 is 22.6 Å². The van der Waals surface area contributed by atoms with E-state index in [1.807, 2.05) is 0 Å². The average Bonchev–Trinajstić information content (AvgIpc) is 2.25. The van der Waals surface area contributed by atoms with Crippen molar-refractivity contribution < 1.29 is 4.74 Å². The van der Waals surface area contributed by atoms with Crippen LogP contribution in [0.25, 0.3) is 0 Å². The molecule has 96 valence electrons. The normalized spacial score (nSPS) is 21.6. The zero-order chi connectivity index (χ0) is 12.0. The van der Waals surface area contributed by atoms with Crippen LogP contribution in [0.5, 0.6) is 0 Å². The second kappa shape index (κ2) is 7.84. The molecular weight excluding hydrogens is 315 g/mol. The van der Waals surface area contributed by atoms with Gasteiger partial charge in [-0.25, -0.2) is 0 Å². The Kier molecular flexibility index (Phi) is 7.19. The molecule has 1 unspecified atom stereocenters. The van der Waals surface area contributed by atoms with Crippen LogP contribution in [0.2, 0.25) is 0 Å². The molecule has 0 radical (unpaired) electrons. The lowest BCUT2D eigenvalue weighted by molar-refractivity contribution is 0.0637. The number of rotatable bonds is 6. The predicted octanol–water partition coefficient (Wildman–Crippen LogP) is 2.20. The lowest BCUT2D eigenvalue weighted by Gasteiger charge is -2.36. The fourth-order valence-corrected chi connectivity index (χ4v) is 2.51. The molecule has 1 rings (SSSR count). The van der Waals surface area contributed by atoms with Crippen molar-refractivity contribution in [3.05, 3.63) is 0 Å². The molecule has 0 bridgehead atoms. The van der Waals surface area contributed by atoms with Crippen LogP contribution in [0.3, 0.4) is 0 Å². The summed E-state index contributed by atoms with van der Waals surface area (Å²) in [5.74, 6) is 0. The highest BCUT2D eigenvalue weighted by molar-refractivity contribution is 14.1. The average molecular weight is 340 g/mol. The van der Waals surface area contributed by atoms with Crippen LogP contribution >= 0.6 is 22.6 Å². The molecule has 1 fully saturated rings. The van der Waals surface area contributed by atoms with Crippen molar-refractivity contribution in [1.29, 1.82) is 0 Å². The maximum Gasteiger partial charge on any atom is 0.0590 e. The molecule has 1 aliphatic rings. The number of hydrogen-bond acceptors (Lipinski definition) is 3. The van der Waals surface area contributed by atoms with E-state index in [2.05, 4.69) is 53.2 Å². The molecule has 0 aromatic carbocycles. The molecule has 1 saturated heterocycles. The van der Waals surface area contributed by atoms with Gasteiger partial charge in [-0.3, -0.25) is 4.90 Å². The minimum atomic E-state index is 0.372. The highest BCUT2D eigenvalue weighted by Crippen LogP contribution is 2.11. The fraction of sp³-hybridized carbons (Fsp3) is 1.00. The molecule has 1 atom stereocenters.